The van der Waals surface area contributed by atoms with Gasteiger partial charge in [-0.2, -0.15) is 0 Å². The molecule has 10 heteroatoms. The molecule has 7 N–H and O–H groups in total. The summed E-state index contributed by atoms with van der Waals surface area (Å²) in [6, 6.07) is -0.999. The first-order chi connectivity index (χ1) is 29.8. The van der Waals surface area contributed by atoms with Crippen LogP contribution in [0.5, 0.6) is 0 Å². The molecule has 0 spiro atoms. The predicted molar refractivity (Wildman–Crippen MR) is 250 cm³/mol. The normalized spacial score (nSPS) is 21.2. The van der Waals surface area contributed by atoms with Crippen LogP contribution in [0, 0.1) is 0 Å². The number of hydrogen-bond donors (Lipinski definition) is 7. The van der Waals surface area contributed by atoms with Crippen molar-refractivity contribution in [3.05, 3.63) is 36.5 Å². The lowest BCUT2D eigenvalue weighted by Crippen LogP contribution is -2.60. The quantitative estimate of drug-likeness (QED) is 0.0233. The fourth-order valence-corrected chi connectivity index (χ4v) is 7.88. The molecule has 1 fully saturated rings. The third kappa shape index (κ3) is 31.0. The smallest absolute Gasteiger partial charge is 0.249 e. The predicted octanol–water partition coefficient (Wildman–Crippen LogP) is 10.2. The first-order valence-corrected chi connectivity index (χ1v) is 25.3. The van der Waals surface area contributed by atoms with Crippen LogP contribution in [-0.2, 0) is 14.3 Å². The van der Waals surface area contributed by atoms with Gasteiger partial charge in [-0.3, -0.25) is 4.79 Å². The summed E-state index contributed by atoms with van der Waals surface area (Å²) in [6.07, 6.45) is 40.9. The molecule has 8 atom stereocenters. The molecule has 0 radical (unpaired) electrons. The van der Waals surface area contributed by atoms with Gasteiger partial charge in [-0.1, -0.05) is 198 Å². The van der Waals surface area contributed by atoms with E-state index >= 15 is 0 Å². The maximum Gasteiger partial charge on any atom is 0.249 e. The molecule has 0 bridgehead atoms. The number of aliphatic hydroxyl groups is 6. The van der Waals surface area contributed by atoms with Crippen molar-refractivity contribution in [1.82, 2.24) is 5.32 Å². The second-order valence-electron chi connectivity index (χ2n) is 17.7. The Morgan fingerprint density at radius 1 is 0.557 bits per heavy atom. The Morgan fingerprint density at radius 3 is 1.43 bits per heavy atom. The molecule has 1 heterocycles. The number of aliphatic hydroxyl groups excluding tert-OH is 6. The molecule has 61 heavy (non-hydrogen) atoms. The van der Waals surface area contributed by atoms with Crippen LogP contribution in [0.1, 0.15) is 219 Å². The Labute approximate surface area is 373 Å². The highest BCUT2D eigenvalue weighted by Gasteiger charge is 2.44. The molecule has 10 nitrogen and oxygen atoms in total. The molecule has 0 aliphatic carbocycles. The molecule has 0 aromatic rings. The van der Waals surface area contributed by atoms with Crippen molar-refractivity contribution in [2.75, 3.05) is 13.2 Å². The minimum atomic E-state index is -1.62. The van der Waals surface area contributed by atoms with Crippen molar-refractivity contribution >= 4 is 5.91 Å². The molecule has 1 aliphatic heterocycles. The number of rotatable bonds is 42. The van der Waals surface area contributed by atoms with E-state index in [0.29, 0.717) is 19.3 Å². The van der Waals surface area contributed by atoms with Gasteiger partial charge in [0, 0.05) is 0 Å². The summed E-state index contributed by atoms with van der Waals surface area (Å²) in [6.45, 7) is 3.60. The van der Waals surface area contributed by atoms with Crippen molar-refractivity contribution in [2.24, 2.45) is 0 Å². The van der Waals surface area contributed by atoms with Gasteiger partial charge in [0.05, 0.1) is 25.4 Å². The van der Waals surface area contributed by atoms with Crippen LogP contribution in [0.2, 0.25) is 0 Å². The van der Waals surface area contributed by atoms with Crippen LogP contribution in [0.15, 0.2) is 36.5 Å². The van der Waals surface area contributed by atoms with Gasteiger partial charge < -0.3 is 45.4 Å². The summed E-state index contributed by atoms with van der Waals surface area (Å²) in [5, 5.41) is 64.8. The maximum absolute atomic E-state index is 13.1. The van der Waals surface area contributed by atoms with Gasteiger partial charge in [0.2, 0.25) is 5.91 Å². The zero-order chi connectivity index (χ0) is 44.6. The van der Waals surface area contributed by atoms with E-state index in [4.69, 9.17) is 9.47 Å². The van der Waals surface area contributed by atoms with E-state index in [-0.39, 0.29) is 6.61 Å². The number of hydrogen-bond acceptors (Lipinski definition) is 9. The van der Waals surface area contributed by atoms with E-state index in [1.165, 1.54) is 148 Å². The highest BCUT2D eigenvalue weighted by atomic mass is 16.7. The number of ether oxygens (including phenoxy) is 2. The summed E-state index contributed by atoms with van der Waals surface area (Å²) in [5.74, 6) is -0.630. The Balaban J connectivity index is 2.39. The Morgan fingerprint density at radius 2 is 0.967 bits per heavy atom. The van der Waals surface area contributed by atoms with Crippen LogP contribution in [0.25, 0.3) is 0 Å². The summed E-state index contributed by atoms with van der Waals surface area (Å²) in [7, 11) is 0. The molecule has 0 aromatic carbocycles. The van der Waals surface area contributed by atoms with Crippen LogP contribution in [0.3, 0.4) is 0 Å². The van der Waals surface area contributed by atoms with Gasteiger partial charge in [0.25, 0.3) is 0 Å². The zero-order valence-electron chi connectivity index (χ0n) is 39.0. The lowest BCUT2D eigenvalue weighted by molar-refractivity contribution is -0.302. The molecule has 0 aromatic heterocycles. The minimum Gasteiger partial charge on any atom is -0.394 e. The number of nitrogens with one attached hydrogen (secondary N) is 1. The second-order valence-corrected chi connectivity index (χ2v) is 17.7. The van der Waals surface area contributed by atoms with E-state index in [1.54, 1.807) is 6.08 Å². The SMILES string of the molecule is CCCCCCCCCCC/C=C\CCCCCCCCC(O)C(=O)NC(COC1OC(CO)C(O)C(O)C1O)C(O)/C=C/CC/C=C/CCCCCCCCCCCCC. The average molecular weight is 866 g/mol. The third-order valence-corrected chi connectivity index (χ3v) is 12.0. The van der Waals surface area contributed by atoms with Crippen molar-refractivity contribution in [2.45, 2.75) is 268 Å². The summed E-state index contributed by atoms with van der Waals surface area (Å²) < 4.78 is 11.1. The van der Waals surface area contributed by atoms with E-state index < -0.39 is 61.5 Å². The summed E-state index contributed by atoms with van der Waals surface area (Å²) in [4.78, 5) is 13.1. The number of carbonyl (C=O) groups excluding carboxylic acids is 1. The monoisotopic (exact) mass is 866 g/mol. The van der Waals surface area contributed by atoms with Crippen LogP contribution in [-0.4, -0.2) is 98.7 Å². The van der Waals surface area contributed by atoms with Crippen molar-refractivity contribution < 1.29 is 44.9 Å². The van der Waals surface area contributed by atoms with E-state index in [2.05, 4.69) is 43.5 Å². The largest absolute Gasteiger partial charge is 0.394 e. The van der Waals surface area contributed by atoms with Gasteiger partial charge in [0.15, 0.2) is 6.29 Å². The van der Waals surface area contributed by atoms with Crippen molar-refractivity contribution in [3.63, 3.8) is 0 Å². The van der Waals surface area contributed by atoms with Gasteiger partial charge in [-0.05, 0) is 57.8 Å². The summed E-state index contributed by atoms with van der Waals surface area (Å²) >= 11 is 0. The molecular formula is C51H95NO9. The molecule has 358 valence electrons. The number of carbonyl (C=O) groups is 1. The lowest BCUT2D eigenvalue weighted by atomic mass is 9.99. The number of amides is 1. The Bertz CT molecular complexity index is 1070. The molecular weight excluding hydrogens is 771 g/mol. The lowest BCUT2D eigenvalue weighted by Gasteiger charge is -2.40. The van der Waals surface area contributed by atoms with Crippen molar-refractivity contribution in [1.29, 1.82) is 0 Å². The third-order valence-electron chi connectivity index (χ3n) is 12.0. The zero-order valence-corrected chi connectivity index (χ0v) is 39.0. The van der Waals surface area contributed by atoms with Crippen LogP contribution < -0.4 is 5.32 Å². The topological polar surface area (TPSA) is 169 Å². The van der Waals surface area contributed by atoms with Gasteiger partial charge >= 0.3 is 0 Å². The van der Waals surface area contributed by atoms with E-state index in [1.807, 2.05) is 6.08 Å². The molecule has 8 unspecified atom stereocenters. The molecule has 0 saturated carbocycles. The summed E-state index contributed by atoms with van der Waals surface area (Å²) in [5.41, 5.74) is 0. The second kappa shape index (κ2) is 41.1. The van der Waals surface area contributed by atoms with Crippen LogP contribution >= 0.6 is 0 Å². The standard InChI is InChI=1S/C51H95NO9/c1-3-5-7-9-11-13-15-17-19-21-22-24-26-28-30-32-34-36-38-40-45(55)50(59)52-43(42-60-51-49(58)48(57)47(56)46(41-53)61-51)44(54)39-37-35-33-31-29-27-25-23-20-18-16-14-12-10-8-6-4-2/h22,24,29,31,37,39,43-49,51,53-58H,3-21,23,25-28,30,32-36,38,40-42H2,1-2H3,(H,52,59)/b24-22-,31-29+,39-37+. The van der Waals surface area contributed by atoms with Gasteiger partial charge in [0.1, 0.15) is 30.5 Å². The van der Waals surface area contributed by atoms with Crippen LogP contribution in [0.4, 0.5) is 0 Å². The average Bonchev–Trinajstić information content (AvgIpc) is 3.26. The Kier molecular flexibility index (Phi) is 38.7. The molecule has 1 aliphatic rings. The minimum absolute atomic E-state index is 0.297. The number of allylic oxidation sites excluding steroid dienone is 5. The Hall–Kier alpha value is -1.63. The van der Waals surface area contributed by atoms with Crippen molar-refractivity contribution in [3.8, 4) is 0 Å². The fourth-order valence-electron chi connectivity index (χ4n) is 7.88. The van der Waals surface area contributed by atoms with Gasteiger partial charge in [-0.25, -0.2) is 0 Å². The number of unbranched alkanes of at least 4 members (excludes halogenated alkanes) is 27. The fraction of sp³-hybridized carbons (Fsp3) is 0.863. The highest BCUT2D eigenvalue weighted by Crippen LogP contribution is 2.23. The van der Waals surface area contributed by atoms with E-state index in [0.717, 1.165) is 38.5 Å². The molecule has 1 saturated heterocycles. The highest BCUT2D eigenvalue weighted by molar-refractivity contribution is 5.80. The molecule has 1 rings (SSSR count). The van der Waals surface area contributed by atoms with Gasteiger partial charge in [-0.15, -0.1) is 0 Å². The maximum atomic E-state index is 13.1. The van der Waals surface area contributed by atoms with E-state index in [9.17, 15) is 35.4 Å². The first kappa shape index (κ1) is 57.4. The first-order valence-electron chi connectivity index (χ1n) is 25.3. The molecule has 1 amide bonds.